The van der Waals surface area contributed by atoms with Gasteiger partial charge in [-0.1, -0.05) is 25.1 Å². The number of ether oxygens (including phenoxy) is 2. The molecule has 1 amide bonds. The summed E-state index contributed by atoms with van der Waals surface area (Å²) in [6.07, 6.45) is 1.45. The lowest BCUT2D eigenvalue weighted by atomic mass is 9.86. The van der Waals surface area contributed by atoms with E-state index in [2.05, 4.69) is 5.32 Å². The molecule has 2 atom stereocenters. The Balaban J connectivity index is 1.84. The molecule has 2 aliphatic heterocycles. The molecule has 0 fully saturated rings. The number of hydrogen-bond donors (Lipinski definition) is 2. The number of nitrogens with one attached hydrogen (secondary N) is 1. The van der Waals surface area contributed by atoms with Crippen LogP contribution in [0.1, 0.15) is 43.0 Å². The Kier molecular flexibility index (Phi) is 5.48. The maximum atomic E-state index is 13.8. The summed E-state index contributed by atoms with van der Waals surface area (Å²) >= 11 is 0. The van der Waals surface area contributed by atoms with Crippen molar-refractivity contribution in [3.05, 3.63) is 75.2 Å². The fourth-order valence-corrected chi connectivity index (χ4v) is 4.82. The fraction of sp³-hybridized carbons (Fsp3) is 0.269. The molecule has 1 unspecified atom stereocenters. The van der Waals surface area contributed by atoms with Crippen molar-refractivity contribution in [1.29, 1.82) is 0 Å². The Hall–Kier alpha value is -4.31. The van der Waals surface area contributed by atoms with Crippen molar-refractivity contribution in [2.75, 3.05) is 7.11 Å². The van der Waals surface area contributed by atoms with Crippen LogP contribution in [0.4, 0.5) is 0 Å². The number of allylic oxidation sites excluding steroid dienone is 1. The highest BCUT2D eigenvalue weighted by molar-refractivity contribution is 5.94. The molecule has 4 heterocycles. The largest absolute Gasteiger partial charge is 0.464 e. The van der Waals surface area contributed by atoms with Crippen LogP contribution in [0.3, 0.4) is 0 Å². The smallest absolute Gasteiger partial charge is 0.354 e. The van der Waals surface area contributed by atoms with E-state index in [9.17, 15) is 24.3 Å². The Labute approximate surface area is 205 Å². The van der Waals surface area contributed by atoms with Crippen LogP contribution in [-0.4, -0.2) is 39.6 Å². The third kappa shape index (κ3) is 3.41. The molecule has 10 nitrogen and oxygen atoms in total. The predicted octanol–water partition coefficient (Wildman–Crippen LogP) is 1.81. The number of cyclic esters (lactones) is 1. The number of rotatable bonds is 4. The monoisotopic (exact) mass is 489 g/mol. The van der Waals surface area contributed by atoms with Gasteiger partial charge in [-0.05, 0) is 30.7 Å². The number of hydrogen-bond acceptors (Lipinski definition) is 8. The Morgan fingerprint density at radius 1 is 1.31 bits per heavy atom. The van der Waals surface area contributed by atoms with Gasteiger partial charge in [-0.15, -0.1) is 0 Å². The van der Waals surface area contributed by atoms with Crippen LogP contribution in [0.5, 0.6) is 0 Å². The molecule has 2 N–H and O–H groups in total. The first-order valence-electron chi connectivity index (χ1n) is 11.4. The Bertz CT molecular complexity index is 1560. The number of fused-ring (bicyclic) bond motifs is 5. The SMILES string of the molecule is CC[C@@]1(O)C(=O)OCc2c1cc1n(c2=O)C(/C=C(\NC(C)=O)C(=O)OC)c2cc3ccccc3nc2-1. The number of amides is 1. The summed E-state index contributed by atoms with van der Waals surface area (Å²) in [5.41, 5.74) is -0.185. The second kappa shape index (κ2) is 8.42. The summed E-state index contributed by atoms with van der Waals surface area (Å²) < 4.78 is 11.4. The second-order valence-corrected chi connectivity index (χ2v) is 8.70. The normalized spacial score (nSPS) is 20.3. The Morgan fingerprint density at radius 2 is 2.06 bits per heavy atom. The van der Waals surface area contributed by atoms with Gasteiger partial charge >= 0.3 is 11.9 Å². The quantitative estimate of drug-likeness (QED) is 0.418. The third-order valence-electron chi connectivity index (χ3n) is 6.62. The number of methoxy groups -OCH3 is 1. The van der Waals surface area contributed by atoms with Gasteiger partial charge in [0.15, 0.2) is 5.60 Å². The van der Waals surface area contributed by atoms with Gasteiger partial charge in [0.05, 0.1) is 35.6 Å². The fourth-order valence-electron chi connectivity index (χ4n) is 4.82. The number of benzene rings is 1. The highest BCUT2D eigenvalue weighted by Crippen LogP contribution is 2.43. The summed E-state index contributed by atoms with van der Waals surface area (Å²) in [5.74, 6) is -2.09. The molecular weight excluding hydrogens is 466 g/mol. The zero-order valence-corrected chi connectivity index (χ0v) is 19.8. The second-order valence-electron chi connectivity index (χ2n) is 8.70. The molecule has 0 spiro atoms. The molecule has 0 radical (unpaired) electrons. The molecule has 5 rings (SSSR count). The molecular formula is C26H23N3O7. The van der Waals surface area contributed by atoms with Crippen LogP contribution in [0, 0.1) is 0 Å². The number of aromatic nitrogens is 2. The zero-order valence-electron chi connectivity index (χ0n) is 19.8. The molecule has 2 aromatic heterocycles. The van der Waals surface area contributed by atoms with Gasteiger partial charge in [-0.2, -0.15) is 0 Å². The number of esters is 2. The van der Waals surface area contributed by atoms with Crippen molar-refractivity contribution < 1.29 is 29.0 Å². The minimum atomic E-state index is -1.97. The van der Waals surface area contributed by atoms with E-state index in [1.807, 2.05) is 30.3 Å². The van der Waals surface area contributed by atoms with Gasteiger partial charge in [-0.25, -0.2) is 14.6 Å². The van der Waals surface area contributed by atoms with Crippen LogP contribution in [-0.2, 0) is 36.1 Å². The van der Waals surface area contributed by atoms with Gasteiger partial charge in [-0.3, -0.25) is 14.2 Å². The highest BCUT2D eigenvalue weighted by atomic mass is 16.6. The van der Waals surface area contributed by atoms with E-state index >= 15 is 0 Å². The van der Waals surface area contributed by atoms with E-state index in [1.54, 1.807) is 13.0 Å². The highest BCUT2D eigenvalue weighted by Gasteiger charge is 2.46. The molecule has 1 aromatic carbocycles. The van der Waals surface area contributed by atoms with Gasteiger partial charge in [0, 0.05) is 23.4 Å². The van der Waals surface area contributed by atoms with Crippen molar-refractivity contribution in [2.24, 2.45) is 0 Å². The van der Waals surface area contributed by atoms with Crippen LogP contribution in [0.25, 0.3) is 22.3 Å². The van der Waals surface area contributed by atoms with E-state index in [1.165, 1.54) is 24.7 Å². The summed E-state index contributed by atoms with van der Waals surface area (Å²) in [7, 11) is 1.19. The number of para-hydroxylation sites is 1. The van der Waals surface area contributed by atoms with E-state index in [4.69, 9.17) is 14.5 Å². The maximum Gasteiger partial charge on any atom is 0.354 e. The van der Waals surface area contributed by atoms with E-state index in [-0.39, 0.29) is 29.9 Å². The summed E-state index contributed by atoms with van der Waals surface area (Å²) in [4.78, 5) is 55.3. The topological polar surface area (TPSA) is 137 Å². The first-order chi connectivity index (χ1) is 17.2. The lowest BCUT2D eigenvalue weighted by Crippen LogP contribution is -2.44. The van der Waals surface area contributed by atoms with Crippen LogP contribution in [0.15, 0.2) is 53.0 Å². The van der Waals surface area contributed by atoms with E-state index in [0.29, 0.717) is 22.5 Å². The van der Waals surface area contributed by atoms with Gasteiger partial charge < -0.3 is 19.9 Å². The van der Waals surface area contributed by atoms with Crippen LogP contribution < -0.4 is 10.9 Å². The molecule has 36 heavy (non-hydrogen) atoms. The number of pyridine rings is 2. The number of nitrogens with zero attached hydrogens (tertiary/aromatic N) is 2. The average Bonchev–Trinajstić information content (AvgIpc) is 3.16. The lowest BCUT2D eigenvalue weighted by molar-refractivity contribution is -0.172. The molecule has 0 saturated heterocycles. The summed E-state index contributed by atoms with van der Waals surface area (Å²) in [6, 6.07) is 10.0. The van der Waals surface area contributed by atoms with Crippen molar-refractivity contribution >= 4 is 28.7 Å². The van der Waals surface area contributed by atoms with Gasteiger partial charge in [0.25, 0.3) is 5.56 Å². The van der Waals surface area contributed by atoms with Crippen molar-refractivity contribution in [1.82, 2.24) is 14.9 Å². The average molecular weight is 489 g/mol. The van der Waals surface area contributed by atoms with Gasteiger partial charge in [0.1, 0.15) is 12.3 Å². The maximum absolute atomic E-state index is 13.8. The van der Waals surface area contributed by atoms with Crippen LogP contribution in [0.2, 0.25) is 0 Å². The van der Waals surface area contributed by atoms with Crippen molar-refractivity contribution in [3.63, 3.8) is 0 Å². The predicted molar refractivity (Wildman–Crippen MR) is 127 cm³/mol. The Morgan fingerprint density at radius 3 is 2.75 bits per heavy atom. The number of carbonyl (C=O) groups excluding carboxylic acids is 3. The summed E-state index contributed by atoms with van der Waals surface area (Å²) in [5, 5.41) is 14.4. The van der Waals surface area contributed by atoms with E-state index in [0.717, 1.165) is 5.39 Å². The third-order valence-corrected chi connectivity index (χ3v) is 6.62. The first kappa shape index (κ1) is 23.4. The minimum Gasteiger partial charge on any atom is -0.464 e. The lowest BCUT2D eigenvalue weighted by Gasteiger charge is -2.32. The first-order valence-corrected chi connectivity index (χ1v) is 11.4. The molecule has 0 bridgehead atoms. The molecule has 184 valence electrons. The van der Waals surface area contributed by atoms with Crippen molar-refractivity contribution in [3.8, 4) is 11.4 Å². The van der Waals surface area contributed by atoms with Crippen molar-refractivity contribution in [2.45, 2.75) is 38.5 Å². The van der Waals surface area contributed by atoms with E-state index < -0.39 is 35.0 Å². The molecule has 0 saturated carbocycles. The minimum absolute atomic E-state index is 0.0120. The standard InChI is InChI=1S/C26H23N3O7/c1-4-26(34)17-10-21-22-15(9-14-7-5-6-8-18(14)28-22)20(11-19(24(32)35-3)27-13(2)30)29(21)23(31)16(17)12-36-25(26)33/h5-11,20,34H,4,12H2,1-3H3,(H,27,30)/b19-11-/t20?,26-/m0/s1. The number of carbonyl (C=O) groups is 3. The molecule has 0 aliphatic carbocycles. The number of aliphatic hydroxyl groups is 1. The molecule has 10 heteroatoms. The van der Waals surface area contributed by atoms with Crippen LogP contribution >= 0.6 is 0 Å². The zero-order chi connectivity index (χ0) is 25.8. The molecule has 2 aliphatic rings. The summed E-state index contributed by atoms with van der Waals surface area (Å²) in [6.45, 7) is 2.58. The van der Waals surface area contributed by atoms with Gasteiger partial charge in [0.2, 0.25) is 5.91 Å². The molecule has 3 aromatic rings.